The lowest BCUT2D eigenvalue weighted by atomic mass is 10.1. The Morgan fingerprint density at radius 2 is 1.84 bits per heavy atom. The molecule has 1 N–H and O–H groups in total. The summed E-state index contributed by atoms with van der Waals surface area (Å²) in [6.45, 7) is 0.915. The van der Waals surface area contributed by atoms with Gasteiger partial charge in [0, 0.05) is 44.0 Å². The molecule has 1 unspecified atom stereocenters. The number of nitrogens with one attached hydrogen (secondary N) is 1. The van der Waals surface area contributed by atoms with Crippen LogP contribution in [0.1, 0.15) is 24.0 Å². The Balaban J connectivity index is 1.29. The largest absolute Gasteiger partial charge is 0.417 e. The number of carbonyl (C=O) groups is 1. The Hall–Kier alpha value is -2.91. The number of rotatable bonds is 5. The Morgan fingerprint density at radius 3 is 2.50 bits per heavy atom. The van der Waals surface area contributed by atoms with Crippen molar-refractivity contribution in [3.05, 3.63) is 53.9 Å². The second-order valence-electron chi connectivity index (χ2n) is 8.30. The van der Waals surface area contributed by atoms with Crippen molar-refractivity contribution in [1.29, 1.82) is 0 Å². The number of hydrogen-bond donors (Lipinski definition) is 1. The quantitative estimate of drug-likeness (QED) is 0.697. The second-order valence-corrected chi connectivity index (χ2v) is 8.30. The summed E-state index contributed by atoms with van der Waals surface area (Å²) >= 11 is 0. The van der Waals surface area contributed by atoms with Gasteiger partial charge in [-0.2, -0.15) is 13.2 Å². The molecule has 0 radical (unpaired) electrons. The minimum Gasteiger partial charge on any atom is -0.368 e. The molecule has 2 aliphatic rings. The third kappa shape index (κ3) is 5.28. The molecule has 10 heteroatoms. The molecule has 1 aromatic carbocycles. The normalized spacial score (nSPS) is 20.6. The van der Waals surface area contributed by atoms with Crippen molar-refractivity contribution in [2.24, 2.45) is 0 Å². The highest BCUT2D eigenvalue weighted by Gasteiger charge is 2.38. The van der Waals surface area contributed by atoms with Gasteiger partial charge in [-0.25, -0.2) is 8.78 Å². The number of alkyl halides is 5. The van der Waals surface area contributed by atoms with E-state index in [1.54, 1.807) is 34.1 Å². The number of pyridine rings is 1. The molecule has 2 saturated heterocycles. The zero-order chi connectivity index (χ0) is 22.9. The van der Waals surface area contributed by atoms with Crippen LogP contribution in [0.5, 0.6) is 0 Å². The molecule has 0 bridgehead atoms. The van der Waals surface area contributed by atoms with E-state index in [2.05, 4.69) is 10.3 Å². The van der Waals surface area contributed by atoms with Crippen LogP contribution in [-0.4, -0.2) is 49.0 Å². The summed E-state index contributed by atoms with van der Waals surface area (Å²) in [6.07, 6.45) is -1.69. The van der Waals surface area contributed by atoms with Gasteiger partial charge in [-0.05, 0) is 30.2 Å². The summed E-state index contributed by atoms with van der Waals surface area (Å²) in [4.78, 5) is 19.5. The smallest absolute Gasteiger partial charge is 0.368 e. The Kier molecular flexibility index (Phi) is 5.96. The lowest BCUT2D eigenvalue weighted by Gasteiger charge is -2.20. The standard InChI is InChI=1S/C22H23F5N4O/c23-21(24)6-8-31(14-21)18-3-1-15(2-4-18)9-20(32)29-17-5-7-30(13-17)19-10-16(11-28-12-19)22(25,26)27/h1-4,10-12,17H,5-9,13-14H2,(H,29,32). The number of halogens is 5. The SMILES string of the molecule is O=C(Cc1ccc(N2CCC(F)(F)C2)cc1)NC1CCN(c2cncc(C(F)(F)F)c2)C1. The van der Waals surface area contributed by atoms with Gasteiger partial charge in [0.05, 0.1) is 30.4 Å². The number of aromatic nitrogens is 1. The molecule has 2 fully saturated rings. The van der Waals surface area contributed by atoms with Crippen LogP contribution >= 0.6 is 0 Å². The molecule has 32 heavy (non-hydrogen) atoms. The predicted octanol–water partition coefficient (Wildman–Crippen LogP) is 3.88. The van der Waals surface area contributed by atoms with Crippen LogP contribution < -0.4 is 15.1 Å². The third-order valence-electron chi connectivity index (χ3n) is 5.81. The first-order valence-electron chi connectivity index (χ1n) is 10.4. The van der Waals surface area contributed by atoms with Gasteiger partial charge in [-0.15, -0.1) is 0 Å². The molecule has 172 valence electrons. The third-order valence-corrected chi connectivity index (χ3v) is 5.81. The van der Waals surface area contributed by atoms with Gasteiger partial charge < -0.3 is 15.1 Å². The predicted molar refractivity (Wildman–Crippen MR) is 110 cm³/mol. The molecule has 1 aromatic heterocycles. The van der Waals surface area contributed by atoms with Gasteiger partial charge in [0.15, 0.2) is 0 Å². The van der Waals surface area contributed by atoms with Gasteiger partial charge >= 0.3 is 6.18 Å². The van der Waals surface area contributed by atoms with Crippen molar-refractivity contribution in [2.45, 2.75) is 37.4 Å². The van der Waals surface area contributed by atoms with E-state index < -0.39 is 17.7 Å². The van der Waals surface area contributed by atoms with Gasteiger partial charge in [-0.1, -0.05) is 12.1 Å². The van der Waals surface area contributed by atoms with Crippen molar-refractivity contribution in [3.63, 3.8) is 0 Å². The zero-order valence-corrected chi connectivity index (χ0v) is 17.2. The Bertz CT molecular complexity index is 964. The molecule has 1 amide bonds. The molecule has 2 aliphatic heterocycles. The number of hydrogen-bond acceptors (Lipinski definition) is 4. The molecule has 0 saturated carbocycles. The lowest BCUT2D eigenvalue weighted by Crippen LogP contribution is -2.38. The minimum atomic E-state index is -4.46. The van der Waals surface area contributed by atoms with Gasteiger partial charge in [0.25, 0.3) is 5.92 Å². The van der Waals surface area contributed by atoms with Crippen LogP contribution in [0.2, 0.25) is 0 Å². The Labute approximate surface area is 182 Å². The molecule has 5 nitrogen and oxygen atoms in total. The highest BCUT2D eigenvalue weighted by molar-refractivity contribution is 5.79. The van der Waals surface area contributed by atoms with Crippen molar-refractivity contribution >= 4 is 17.3 Å². The fourth-order valence-electron chi connectivity index (χ4n) is 4.11. The van der Waals surface area contributed by atoms with Crippen LogP contribution in [0.4, 0.5) is 33.3 Å². The second kappa shape index (κ2) is 8.55. The number of amides is 1. The molecule has 2 aromatic rings. The number of benzene rings is 1. The summed E-state index contributed by atoms with van der Waals surface area (Å²) in [7, 11) is 0. The molecule has 0 aliphatic carbocycles. The van der Waals surface area contributed by atoms with Crippen LogP contribution in [0.15, 0.2) is 42.7 Å². The van der Waals surface area contributed by atoms with Gasteiger partial charge in [-0.3, -0.25) is 9.78 Å². The highest BCUT2D eigenvalue weighted by Crippen LogP contribution is 2.32. The average molecular weight is 454 g/mol. The fourth-order valence-corrected chi connectivity index (χ4v) is 4.11. The number of anilines is 2. The van der Waals surface area contributed by atoms with E-state index in [1.807, 2.05) is 0 Å². The summed E-state index contributed by atoms with van der Waals surface area (Å²) in [5, 5.41) is 2.92. The molecule has 3 heterocycles. The topological polar surface area (TPSA) is 48.5 Å². The maximum Gasteiger partial charge on any atom is 0.417 e. The molecule has 4 rings (SSSR count). The fraction of sp³-hybridized carbons (Fsp3) is 0.455. The van der Waals surface area contributed by atoms with E-state index in [-0.39, 0.29) is 31.3 Å². The molecule has 0 spiro atoms. The van der Waals surface area contributed by atoms with E-state index in [0.29, 0.717) is 37.4 Å². The van der Waals surface area contributed by atoms with Crippen molar-refractivity contribution in [1.82, 2.24) is 10.3 Å². The van der Waals surface area contributed by atoms with E-state index in [1.165, 1.54) is 6.20 Å². The first-order chi connectivity index (χ1) is 15.1. The van der Waals surface area contributed by atoms with Crippen molar-refractivity contribution in [2.75, 3.05) is 36.0 Å². The first-order valence-corrected chi connectivity index (χ1v) is 10.4. The van der Waals surface area contributed by atoms with Crippen molar-refractivity contribution < 1.29 is 26.7 Å². The first kappa shape index (κ1) is 22.3. The van der Waals surface area contributed by atoms with Crippen LogP contribution in [-0.2, 0) is 17.4 Å². The zero-order valence-electron chi connectivity index (χ0n) is 17.2. The number of nitrogens with zero attached hydrogens (tertiary/aromatic N) is 3. The molecular formula is C22H23F5N4O. The van der Waals surface area contributed by atoms with E-state index in [4.69, 9.17) is 0 Å². The van der Waals surface area contributed by atoms with E-state index in [0.717, 1.165) is 17.8 Å². The summed E-state index contributed by atoms with van der Waals surface area (Å²) in [5.74, 6) is -2.86. The molecular weight excluding hydrogens is 431 g/mol. The summed E-state index contributed by atoms with van der Waals surface area (Å²) in [6, 6.07) is 7.86. The minimum absolute atomic E-state index is 0.137. The maximum atomic E-state index is 13.4. The average Bonchev–Trinajstić information content (AvgIpc) is 3.34. The Morgan fingerprint density at radius 1 is 1.09 bits per heavy atom. The van der Waals surface area contributed by atoms with E-state index in [9.17, 15) is 26.7 Å². The lowest BCUT2D eigenvalue weighted by molar-refractivity contribution is -0.137. The van der Waals surface area contributed by atoms with E-state index >= 15 is 0 Å². The van der Waals surface area contributed by atoms with Gasteiger partial charge in [0.1, 0.15) is 0 Å². The summed E-state index contributed by atoms with van der Waals surface area (Å²) < 4.78 is 65.5. The highest BCUT2D eigenvalue weighted by atomic mass is 19.4. The van der Waals surface area contributed by atoms with Crippen LogP contribution in [0.3, 0.4) is 0 Å². The summed E-state index contributed by atoms with van der Waals surface area (Å²) in [5.41, 5.74) is 1.03. The maximum absolute atomic E-state index is 13.4. The van der Waals surface area contributed by atoms with Crippen LogP contribution in [0, 0.1) is 0 Å². The molecule has 1 atom stereocenters. The number of carbonyl (C=O) groups excluding carboxylic acids is 1. The van der Waals surface area contributed by atoms with Crippen molar-refractivity contribution in [3.8, 4) is 0 Å². The monoisotopic (exact) mass is 454 g/mol. The van der Waals surface area contributed by atoms with Crippen LogP contribution in [0.25, 0.3) is 0 Å². The van der Waals surface area contributed by atoms with Gasteiger partial charge in [0.2, 0.25) is 5.91 Å².